The molecule has 0 aliphatic heterocycles. The molecule has 7 nitrogen and oxygen atoms in total. The Bertz CT molecular complexity index is 970. The zero-order chi connectivity index (χ0) is 17.8. The quantitative estimate of drug-likeness (QED) is 0.341. The number of non-ortho nitro benzene ring substituents is 1. The average Bonchev–Trinajstić information content (AvgIpc) is 2.61. The number of phenols is 1. The van der Waals surface area contributed by atoms with E-state index in [9.17, 15) is 20.4 Å². The summed E-state index contributed by atoms with van der Waals surface area (Å²) in [6, 6.07) is 13.9. The first-order valence-corrected chi connectivity index (χ1v) is 7.35. The summed E-state index contributed by atoms with van der Waals surface area (Å²) in [7, 11) is 0. The topological polar surface area (TPSA) is 103 Å². The Morgan fingerprint density at radius 2 is 1.88 bits per heavy atom. The van der Waals surface area contributed by atoms with Gasteiger partial charge in [0.1, 0.15) is 17.6 Å². The molecule has 0 atom stereocenters. The maximum absolute atomic E-state index is 12.5. The van der Waals surface area contributed by atoms with Crippen LogP contribution in [0.3, 0.4) is 0 Å². The van der Waals surface area contributed by atoms with E-state index in [2.05, 4.69) is 4.98 Å². The van der Waals surface area contributed by atoms with Crippen molar-refractivity contribution < 1.29 is 14.8 Å². The fraction of sp³-hybridized carbons (Fsp3) is 0. The van der Waals surface area contributed by atoms with Crippen molar-refractivity contribution in [1.29, 1.82) is 0 Å². The summed E-state index contributed by atoms with van der Waals surface area (Å²) in [6.07, 6.45) is 4.73. The minimum atomic E-state index is -0.524. The molecule has 25 heavy (non-hydrogen) atoms. The number of phenolic OH excluding ortho intramolecular Hbond substituents is 1. The molecule has 1 heterocycles. The van der Waals surface area contributed by atoms with Gasteiger partial charge in [0, 0.05) is 18.2 Å². The Balaban J connectivity index is 1.98. The Morgan fingerprint density at radius 1 is 1.08 bits per heavy atom. The highest BCUT2D eigenvalue weighted by molar-refractivity contribution is 5.68. The number of nitrogens with zero attached hydrogens (tertiary/aromatic N) is 3. The zero-order valence-corrected chi connectivity index (χ0v) is 12.9. The van der Waals surface area contributed by atoms with Crippen molar-refractivity contribution in [2.24, 2.45) is 0 Å². The molecule has 0 saturated heterocycles. The normalized spacial score (nSPS) is 10.9. The first kappa shape index (κ1) is 16.1. The van der Waals surface area contributed by atoms with Gasteiger partial charge >= 0.3 is 5.82 Å². The number of rotatable bonds is 4. The SMILES string of the molecule is O=[N+]([O-])c1cccc(-c2nccc(/C=C/c3cccc(O)c3)[n+]2[O-])c1. The van der Waals surface area contributed by atoms with Gasteiger partial charge in [-0.25, -0.2) is 4.73 Å². The average molecular weight is 335 g/mol. The molecule has 0 aliphatic rings. The molecule has 0 fully saturated rings. The lowest BCUT2D eigenvalue weighted by Gasteiger charge is -2.09. The van der Waals surface area contributed by atoms with E-state index in [-0.39, 0.29) is 17.3 Å². The largest absolute Gasteiger partial charge is 0.710 e. The summed E-state index contributed by atoms with van der Waals surface area (Å²) in [5.41, 5.74) is 1.30. The molecule has 0 amide bonds. The van der Waals surface area contributed by atoms with E-state index in [1.165, 1.54) is 30.5 Å². The summed E-state index contributed by atoms with van der Waals surface area (Å²) in [6.45, 7) is 0. The lowest BCUT2D eigenvalue weighted by molar-refractivity contribution is -0.598. The molecule has 0 radical (unpaired) electrons. The number of aromatic nitrogens is 2. The first-order chi connectivity index (χ1) is 12.0. The predicted molar refractivity (Wildman–Crippen MR) is 92.3 cm³/mol. The van der Waals surface area contributed by atoms with Crippen molar-refractivity contribution in [2.75, 3.05) is 0 Å². The van der Waals surface area contributed by atoms with Crippen molar-refractivity contribution >= 4 is 17.8 Å². The zero-order valence-electron chi connectivity index (χ0n) is 12.9. The van der Waals surface area contributed by atoms with Crippen LogP contribution < -0.4 is 4.73 Å². The van der Waals surface area contributed by atoms with Crippen LogP contribution in [0.2, 0.25) is 0 Å². The van der Waals surface area contributed by atoms with Crippen LogP contribution in [-0.4, -0.2) is 15.0 Å². The summed E-state index contributed by atoms with van der Waals surface area (Å²) in [5.74, 6) is 0.200. The molecular weight excluding hydrogens is 322 g/mol. The van der Waals surface area contributed by atoms with Crippen LogP contribution in [0.4, 0.5) is 5.69 Å². The molecule has 7 heteroatoms. The van der Waals surface area contributed by atoms with Crippen molar-refractivity contribution in [3.05, 3.63) is 87.4 Å². The van der Waals surface area contributed by atoms with Crippen LogP contribution in [0.15, 0.2) is 60.8 Å². The highest BCUT2D eigenvalue weighted by Crippen LogP contribution is 2.20. The van der Waals surface area contributed by atoms with Crippen molar-refractivity contribution in [3.8, 4) is 17.1 Å². The molecular formula is C18H13N3O4. The van der Waals surface area contributed by atoms with Gasteiger partial charge in [0.15, 0.2) is 0 Å². The monoisotopic (exact) mass is 335 g/mol. The molecule has 0 aliphatic carbocycles. The lowest BCUT2D eigenvalue weighted by atomic mass is 10.1. The fourth-order valence-corrected chi connectivity index (χ4v) is 2.31. The molecule has 124 valence electrons. The summed E-state index contributed by atoms with van der Waals surface area (Å²) in [5, 5.41) is 32.9. The van der Waals surface area contributed by atoms with Crippen molar-refractivity contribution in [1.82, 2.24) is 4.98 Å². The summed E-state index contributed by atoms with van der Waals surface area (Å²) < 4.78 is 0.609. The van der Waals surface area contributed by atoms with Crippen LogP contribution in [0.1, 0.15) is 11.3 Å². The molecule has 1 N–H and O–H groups in total. The molecule has 0 unspecified atom stereocenters. The van der Waals surface area contributed by atoms with E-state index in [4.69, 9.17) is 0 Å². The van der Waals surface area contributed by atoms with E-state index in [0.29, 0.717) is 16.0 Å². The molecule has 2 aromatic carbocycles. The van der Waals surface area contributed by atoms with Gasteiger partial charge < -0.3 is 10.3 Å². The van der Waals surface area contributed by atoms with Gasteiger partial charge in [0.05, 0.1) is 10.5 Å². The third kappa shape index (κ3) is 3.61. The molecule has 0 bridgehead atoms. The van der Waals surface area contributed by atoms with Gasteiger partial charge in [0.2, 0.25) is 0 Å². The highest BCUT2D eigenvalue weighted by atomic mass is 16.6. The smallest absolute Gasteiger partial charge is 0.333 e. The maximum atomic E-state index is 12.5. The van der Waals surface area contributed by atoms with Gasteiger partial charge in [-0.2, -0.15) is 0 Å². The van der Waals surface area contributed by atoms with Gasteiger partial charge in [0.25, 0.3) is 5.69 Å². The Labute approximate surface area is 142 Å². The van der Waals surface area contributed by atoms with E-state index < -0.39 is 4.92 Å². The summed E-state index contributed by atoms with van der Waals surface area (Å²) in [4.78, 5) is 14.4. The second kappa shape index (κ2) is 6.79. The van der Waals surface area contributed by atoms with Crippen molar-refractivity contribution in [3.63, 3.8) is 0 Å². The second-order valence-electron chi connectivity index (χ2n) is 5.22. The Morgan fingerprint density at radius 3 is 2.64 bits per heavy atom. The van der Waals surface area contributed by atoms with Crippen molar-refractivity contribution in [2.45, 2.75) is 0 Å². The first-order valence-electron chi connectivity index (χ1n) is 7.35. The molecule has 3 aromatic rings. The second-order valence-corrected chi connectivity index (χ2v) is 5.22. The number of nitro benzene ring substituents is 1. The van der Waals surface area contributed by atoms with E-state index in [1.807, 2.05) is 0 Å². The standard InChI is InChI=1S/C18H13N3O4/c22-17-6-1-3-13(11-17)7-8-15-9-10-19-18(20(15)23)14-4-2-5-16(12-14)21(24)25/h1-12,22H/b8-7+. The summed E-state index contributed by atoms with van der Waals surface area (Å²) >= 11 is 0. The van der Waals surface area contributed by atoms with Gasteiger partial charge in [-0.05, 0) is 34.8 Å². The third-order valence-corrected chi connectivity index (χ3v) is 3.50. The minimum Gasteiger partial charge on any atom is -0.710 e. The maximum Gasteiger partial charge on any atom is 0.333 e. The minimum absolute atomic E-state index is 0.0711. The van der Waals surface area contributed by atoms with Crippen LogP contribution >= 0.6 is 0 Å². The Kier molecular flexibility index (Phi) is 4.38. The van der Waals surface area contributed by atoms with Gasteiger partial charge in [-0.15, -0.1) is 0 Å². The number of nitro groups is 1. The van der Waals surface area contributed by atoms with Gasteiger partial charge in [-0.1, -0.05) is 24.3 Å². The molecule has 0 saturated carbocycles. The van der Waals surface area contributed by atoms with E-state index >= 15 is 0 Å². The van der Waals surface area contributed by atoms with Crippen LogP contribution in [0.25, 0.3) is 23.5 Å². The molecule has 1 aromatic heterocycles. The predicted octanol–water partition coefficient (Wildman–Crippen LogP) is 3.17. The number of aromatic hydroxyl groups is 1. The van der Waals surface area contributed by atoms with Crippen LogP contribution in [-0.2, 0) is 0 Å². The number of hydrogen-bond donors (Lipinski definition) is 1. The van der Waals surface area contributed by atoms with Crippen LogP contribution in [0, 0.1) is 15.3 Å². The number of benzene rings is 2. The lowest BCUT2D eigenvalue weighted by Crippen LogP contribution is -2.33. The highest BCUT2D eigenvalue weighted by Gasteiger charge is 2.16. The van der Waals surface area contributed by atoms with E-state index in [0.717, 1.165) is 5.56 Å². The third-order valence-electron chi connectivity index (χ3n) is 3.50. The fourth-order valence-electron chi connectivity index (χ4n) is 2.31. The molecule has 0 spiro atoms. The van der Waals surface area contributed by atoms with E-state index in [1.54, 1.807) is 42.5 Å². The van der Waals surface area contributed by atoms with Crippen LogP contribution in [0.5, 0.6) is 5.75 Å². The Hall–Kier alpha value is -3.74. The number of hydrogen-bond acceptors (Lipinski definition) is 5. The molecule has 3 rings (SSSR count). The van der Waals surface area contributed by atoms with Gasteiger partial charge in [-0.3, -0.25) is 10.1 Å².